The standard InChI is InChI=1S/C16H21F/c1-10-13(11-2-4-12(17)5-3-11)6-8-16-9-7-14(16)15(10)16/h2-4,10,12-15H,5-9H2,1H3. The zero-order valence-corrected chi connectivity index (χ0v) is 10.5. The van der Waals surface area contributed by atoms with E-state index in [-0.39, 0.29) is 0 Å². The third kappa shape index (κ3) is 1.23. The highest BCUT2D eigenvalue weighted by Crippen LogP contribution is 2.79. The van der Waals surface area contributed by atoms with Crippen molar-refractivity contribution in [3.63, 3.8) is 0 Å². The van der Waals surface area contributed by atoms with Crippen molar-refractivity contribution >= 4 is 0 Å². The summed E-state index contributed by atoms with van der Waals surface area (Å²) in [5.74, 6) is 3.64. The molecule has 92 valence electrons. The Morgan fingerprint density at radius 2 is 2.12 bits per heavy atom. The topological polar surface area (TPSA) is 0 Å². The lowest BCUT2D eigenvalue weighted by atomic mass is 9.69. The van der Waals surface area contributed by atoms with Crippen LogP contribution in [0.1, 0.15) is 39.0 Å². The minimum atomic E-state index is -0.735. The van der Waals surface area contributed by atoms with E-state index in [1.807, 2.05) is 0 Å². The molecule has 6 atom stereocenters. The Labute approximate surface area is 103 Å². The molecule has 4 aliphatic rings. The van der Waals surface area contributed by atoms with Crippen molar-refractivity contribution in [3.8, 4) is 0 Å². The van der Waals surface area contributed by atoms with Crippen LogP contribution >= 0.6 is 0 Å². The van der Waals surface area contributed by atoms with E-state index in [0.29, 0.717) is 6.42 Å². The van der Waals surface area contributed by atoms with E-state index in [9.17, 15) is 4.39 Å². The summed E-state index contributed by atoms with van der Waals surface area (Å²) in [7, 11) is 0. The first kappa shape index (κ1) is 10.3. The number of allylic oxidation sites excluding steroid dienone is 4. The summed E-state index contributed by atoms with van der Waals surface area (Å²) in [6.45, 7) is 2.45. The van der Waals surface area contributed by atoms with E-state index >= 15 is 0 Å². The molecule has 0 aromatic carbocycles. The first-order chi connectivity index (χ1) is 8.22. The van der Waals surface area contributed by atoms with Crippen molar-refractivity contribution in [2.75, 3.05) is 0 Å². The molecular weight excluding hydrogens is 211 g/mol. The third-order valence-corrected chi connectivity index (χ3v) is 6.27. The van der Waals surface area contributed by atoms with Gasteiger partial charge in [0.25, 0.3) is 0 Å². The summed E-state index contributed by atoms with van der Waals surface area (Å²) in [5, 5.41) is 0. The molecule has 4 rings (SSSR count). The average molecular weight is 232 g/mol. The van der Waals surface area contributed by atoms with Crippen LogP contribution in [0.3, 0.4) is 0 Å². The van der Waals surface area contributed by atoms with E-state index in [0.717, 1.165) is 29.1 Å². The van der Waals surface area contributed by atoms with E-state index < -0.39 is 6.17 Å². The predicted octanol–water partition coefficient (Wildman–Crippen LogP) is 4.28. The van der Waals surface area contributed by atoms with Crippen LogP contribution < -0.4 is 0 Å². The van der Waals surface area contributed by atoms with Crippen molar-refractivity contribution in [1.29, 1.82) is 0 Å². The normalized spacial score (nSPS) is 55.4. The molecule has 6 unspecified atom stereocenters. The Morgan fingerprint density at radius 1 is 1.29 bits per heavy atom. The molecule has 4 aliphatic carbocycles. The van der Waals surface area contributed by atoms with Gasteiger partial charge in [-0.25, -0.2) is 4.39 Å². The number of fused-ring (bicyclic) bond motifs is 1. The van der Waals surface area contributed by atoms with Crippen molar-refractivity contribution < 1.29 is 4.39 Å². The van der Waals surface area contributed by atoms with Crippen LogP contribution in [0, 0.1) is 29.1 Å². The first-order valence-corrected chi connectivity index (χ1v) is 7.25. The molecule has 0 bridgehead atoms. The molecule has 0 N–H and O–H groups in total. The summed E-state index contributed by atoms with van der Waals surface area (Å²) >= 11 is 0. The Morgan fingerprint density at radius 3 is 2.76 bits per heavy atom. The van der Waals surface area contributed by atoms with Crippen molar-refractivity contribution in [2.45, 2.75) is 45.2 Å². The molecule has 17 heavy (non-hydrogen) atoms. The van der Waals surface area contributed by atoms with Crippen LogP contribution in [-0.2, 0) is 0 Å². The van der Waals surface area contributed by atoms with Gasteiger partial charge in [0.2, 0.25) is 0 Å². The van der Waals surface area contributed by atoms with Crippen LogP contribution in [-0.4, -0.2) is 6.17 Å². The van der Waals surface area contributed by atoms with Gasteiger partial charge in [0.05, 0.1) is 0 Å². The maximum Gasteiger partial charge on any atom is 0.122 e. The zero-order chi connectivity index (χ0) is 11.6. The van der Waals surface area contributed by atoms with Gasteiger partial charge in [0, 0.05) is 6.42 Å². The van der Waals surface area contributed by atoms with Crippen LogP contribution in [0.5, 0.6) is 0 Å². The van der Waals surface area contributed by atoms with Gasteiger partial charge in [-0.1, -0.05) is 25.2 Å². The van der Waals surface area contributed by atoms with Gasteiger partial charge in [-0.2, -0.15) is 0 Å². The minimum Gasteiger partial charge on any atom is -0.243 e. The third-order valence-electron chi connectivity index (χ3n) is 6.27. The van der Waals surface area contributed by atoms with Crippen LogP contribution in [0.15, 0.2) is 23.8 Å². The van der Waals surface area contributed by atoms with E-state index in [2.05, 4.69) is 19.1 Å². The molecule has 0 aliphatic heterocycles. The summed E-state index contributed by atoms with van der Waals surface area (Å²) in [6.07, 6.45) is 11.6. The average Bonchev–Trinajstić information content (AvgIpc) is 2.79. The lowest BCUT2D eigenvalue weighted by molar-refractivity contribution is 0.182. The molecule has 0 amide bonds. The number of hydrogen-bond acceptors (Lipinski definition) is 0. The molecule has 0 nitrogen and oxygen atoms in total. The fraction of sp³-hybridized carbons (Fsp3) is 0.750. The highest BCUT2D eigenvalue weighted by Gasteiger charge is 2.72. The maximum atomic E-state index is 13.1. The summed E-state index contributed by atoms with van der Waals surface area (Å²) < 4.78 is 13.1. The smallest absolute Gasteiger partial charge is 0.122 e. The van der Waals surface area contributed by atoms with Crippen molar-refractivity contribution in [3.05, 3.63) is 23.8 Å². The zero-order valence-electron chi connectivity index (χ0n) is 10.5. The minimum absolute atomic E-state index is 0.605. The molecule has 1 heteroatoms. The Hall–Kier alpha value is -0.590. The number of alkyl halides is 1. The Kier molecular flexibility index (Phi) is 1.97. The SMILES string of the molecule is CC1C(C2=CCC(F)C=C2)CCC23CCC2C13. The molecule has 0 heterocycles. The van der Waals surface area contributed by atoms with Crippen LogP contribution in [0.25, 0.3) is 0 Å². The lowest BCUT2D eigenvalue weighted by Crippen LogP contribution is -2.27. The van der Waals surface area contributed by atoms with Gasteiger partial charge in [-0.3, -0.25) is 0 Å². The van der Waals surface area contributed by atoms with Gasteiger partial charge in [-0.05, 0) is 60.3 Å². The monoisotopic (exact) mass is 232 g/mol. The fourth-order valence-corrected chi connectivity index (χ4v) is 5.30. The fourth-order valence-electron chi connectivity index (χ4n) is 5.30. The quantitative estimate of drug-likeness (QED) is 0.633. The maximum absolute atomic E-state index is 13.1. The Bertz CT molecular complexity index is 408. The molecule has 0 radical (unpaired) electrons. The highest BCUT2D eigenvalue weighted by molar-refractivity contribution is 5.31. The van der Waals surface area contributed by atoms with Crippen LogP contribution in [0.4, 0.5) is 4.39 Å². The first-order valence-electron chi connectivity index (χ1n) is 7.25. The van der Waals surface area contributed by atoms with Gasteiger partial charge in [0.1, 0.15) is 6.17 Å². The number of hydrogen-bond donors (Lipinski definition) is 0. The van der Waals surface area contributed by atoms with Crippen molar-refractivity contribution in [1.82, 2.24) is 0 Å². The van der Waals surface area contributed by atoms with Gasteiger partial charge in [0.15, 0.2) is 0 Å². The van der Waals surface area contributed by atoms with E-state index in [1.54, 1.807) is 6.08 Å². The lowest BCUT2D eigenvalue weighted by Gasteiger charge is -2.36. The second-order valence-corrected chi connectivity index (χ2v) is 6.72. The molecule has 0 aromatic rings. The summed E-state index contributed by atoms with van der Waals surface area (Å²) in [5.41, 5.74) is 2.24. The second kappa shape index (κ2) is 3.24. The molecular formula is C16H21F. The Balaban J connectivity index is 1.54. The van der Waals surface area contributed by atoms with E-state index in [1.165, 1.54) is 31.3 Å². The molecule has 3 saturated carbocycles. The molecule has 3 fully saturated rings. The molecule has 0 aromatic heterocycles. The van der Waals surface area contributed by atoms with E-state index in [4.69, 9.17) is 0 Å². The van der Waals surface area contributed by atoms with Gasteiger partial charge < -0.3 is 0 Å². The number of rotatable bonds is 1. The van der Waals surface area contributed by atoms with Gasteiger partial charge in [-0.15, -0.1) is 0 Å². The van der Waals surface area contributed by atoms with Crippen molar-refractivity contribution in [2.24, 2.45) is 29.1 Å². The summed E-state index contributed by atoms with van der Waals surface area (Å²) in [6, 6.07) is 0. The summed E-state index contributed by atoms with van der Waals surface area (Å²) in [4.78, 5) is 0. The predicted molar refractivity (Wildman–Crippen MR) is 67.3 cm³/mol. The number of halogens is 1. The molecule has 0 saturated heterocycles. The van der Waals surface area contributed by atoms with Crippen LogP contribution in [0.2, 0.25) is 0 Å². The second-order valence-electron chi connectivity index (χ2n) is 6.72. The largest absolute Gasteiger partial charge is 0.243 e. The highest BCUT2D eigenvalue weighted by atomic mass is 19.1. The van der Waals surface area contributed by atoms with Gasteiger partial charge >= 0.3 is 0 Å². The molecule has 1 spiro atoms.